The Morgan fingerprint density at radius 3 is 2.62 bits per heavy atom. The first kappa shape index (κ1) is 17.8. The van der Waals surface area contributed by atoms with Crippen LogP contribution in [0.25, 0.3) is 0 Å². The summed E-state index contributed by atoms with van der Waals surface area (Å²) in [4.78, 5) is 38.2. The molecule has 0 aliphatic carbocycles. The lowest BCUT2D eigenvalue weighted by molar-refractivity contribution is -0.116. The first-order chi connectivity index (χ1) is 12.3. The Bertz CT molecular complexity index is 880. The molecule has 1 amide bonds. The molecule has 0 saturated heterocycles. The number of ketones is 1. The molecular formula is C19H20N2O5. The molecule has 3 rings (SSSR count). The predicted octanol–water partition coefficient (Wildman–Crippen LogP) is 2.63. The molecule has 0 fully saturated rings. The number of fused-ring (bicyclic) bond motifs is 1. The smallest absolute Gasteiger partial charge is 0.344 e. The maximum Gasteiger partial charge on any atom is 0.344 e. The highest BCUT2D eigenvalue weighted by Gasteiger charge is 2.27. The number of aromatic nitrogens is 1. The van der Waals surface area contributed by atoms with Gasteiger partial charge in [-0.1, -0.05) is 5.16 Å². The molecule has 2 aromatic rings. The molecule has 0 unspecified atom stereocenters. The van der Waals surface area contributed by atoms with Crippen LogP contribution in [0.1, 0.15) is 51.6 Å². The zero-order valence-electron chi connectivity index (χ0n) is 15.2. The second-order valence-corrected chi connectivity index (χ2v) is 6.38. The maximum absolute atomic E-state index is 12.6. The Morgan fingerprint density at radius 2 is 2.00 bits per heavy atom. The SMILES string of the molecule is CC(=O)N1CCc2cc(C(=O)[C@@H](C)OC(=O)c3c(C)noc3C)ccc21. The number of amides is 1. The van der Waals surface area contributed by atoms with E-state index in [1.54, 1.807) is 36.9 Å². The minimum Gasteiger partial charge on any atom is -0.451 e. The van der Waals surface area contributed by atoms with Gasteiger partial charge in [-0.05, 0) is 51.0 Å². The molecule has 1 atom stereocenters. The van der Waals surface area contributed by atoms with Crippen LogP contribution in [0.2, 0.25) is 0 Å². The van der Waals surface area contributed by atoms with E-state index < -0.39 is 12.1 Å². The number of aryl methyl sites for hydroxylation is 2. The second kappa shape index (κ2) is 6.74. The topological polar surface area (TPSA) is 89.7 Å². The summed E-state index contributed by atoms with van der Waals surface area (Å²) >= 11 is 0. The molecule has 1 aromatic heterocycles. The van der Waals surface area contributed by atoms with Gasteiger partial charge in [-0.15, -0.1) is 0 Å². The number of anilines is 1. The van der Waals surface area contributed by atoms with E-state index in [0.717, 1.165) is 11.3 Å². The summed E-state index contributed by atoms with van der Waals surface area (Å²) in [7, 11) is 0. The fourth-order valence-corrected chi connectivity index (χ4v) is 3.16. The van der Waals surface area contributed by atoms with Crippen LogP contribution in [0.3, 0.4) is 0 Å². The fourth-order valence-electron chi connectivity index (χ4n) is 3.16. The van der Waals surface area contributed by atoms with Crippen LogP contribution in [0.5, 0.6) is 0 Å². The Morgan fingerprint density at radius 1 is 1.27 bits per heavy atom. The van der Waals surface area contributed by atoms with Crippen molar-refractivity contribution in [2.24, 2.45) is 0 Å². The van der Waals surface area contributed by atoms with Crippen LogP contribution in [0.4, 0.5) is 5.69 Å². The summed E-state index contributed by atoms with van der Waals surface area (Å²) in [5, 5.41) is 3.72. The molecule has 0 bridgehead atoms. The standard InChI is InChI=1S/C19H20N2O5/c1-10-17(11(2)26-20-10)19(24)25-12(3)18(23)15-5-6-16-14(9-15)7-8-21(16)13(4)22/h5-6,9,12H,7-8H2,1-4H3/t12-/m1/s1. The van der Waals surface area contributed by atoms with Gasteiger partial charge in [0, 0.05) is 24.7 Å². The minimum absolute atomic E-state index is 0.0235. The van der Waals surface area contributed by atoms with E-state index >= 15 is 0 Å². The number of esters is 1. The lowest BCUT2D eigenvalue weighted by Crippen LogP contribution is -2.26. The van der Waals surface area contributed by atoms with Crippen molar-refractivity contribution in [1.29, 1.82) is 0 Å². The summed E-state index contributed by atoms with van der Waals surface area (Å²) in [6.45, 7) is 6.92. The first-order valence-electron chi connectivity index (χ1n) is 8.38. The third kappa shape index (κ3) is 3.12. The Balaban J connectivity index is 1.75. The highest BCUT2D eigenvalue weighted by molar-refractivity contribution is 6.03. The molecule has 0 radical (unpaired) electrons. The molecule has 1 aromatic carbocycles. The van der Waals surface area contributed by atoms with Gasteiger partial charge in [-0.3, -0.25) is 9.59 Å². The van der Waals surface area contributed by atoms with E-state index in [-0.39, 0.29) is 17.3 Å². The van der Waals surface area contributed by atoms with Crippen LogP contribution in [-0.2, 0) is 16.0 Å². The Kier molecular flexibility index (Phi) is 4.63. The largest absolute Gasteiger partial charge is 0.451 e. The van der Waals surface area contributed by atoms with Gasteiger partial charge in [0.05, 0.1) is 5.69 Å². The fraction of sp³-hybridized carbons (Fsp3) is 0.368. The van der Waals surface area contributed by atoms with E-state index in [2.05, 4.69) is 5.16 Å². The van der Waals surface area contributed by atoms with Crippen LogP contribution in [-0.4, -0.2) is 35.5 Å². The Hall–Kier alpha value is -2.96. The van der Waals surface area contributed by atoms with Gasteiger partial charge < -0.3 is 14.2 Å². The third-order valence-electron chi connectivity index (χ3n) is 4.53. The number of carbonyl (C=O) groups excluding carboxylic acids is 3. The van der Waals surface area contributed by atoms with Crippen LogP contribution >= 0.6 is 0 Å². The summed E-state index contributed by atoms with van der Waals surface area (Å²) in [6.07, 6.45) is -0.247. The number of carbonyl (C=O) groups is 3. The van der Waals surface area contributed by atoms with Crippen molar-refractivity contribution in [3.63, 3.8) is 0 Å². The molecule has 7 nitrogen and oxygen atoms in total. The van der Waals surface area contributed by atoms with Crippen molar-refractivity contribution in [2.75, 3.05) is 11.4 Å². The predicted molar refractivity (Wildman–Crippen MR) is 93.4 cm³/mol. The second-order valence-electron chi connectivity index (χ2n) is 6.38. The van der Waals surface area contributed by atoms with Gasteiger partial charge in [-0.25, -0.2) is 4.79 Å². The lowest BCUT2D eigenvalue weighted by Gasteiger charge is -2.16. The number of nitrogens with zero attached hydrogens (tertiary/aromatic N) is 2. The van der Waals surface area contributed by atoms with Crippen LogP contribution in [0, 0.1) is 13.8 Å². The monoisotopic (exact) mass is 356 g/mol. The maximum atomic E-state index is 12.6. The number of rotatable bonds is 4. The van der Waals surface area contributed by atoms with Gasteiger partial charge in [0.2, 0.25) is 11.7 Å². The number of hydrogen-bond acceptors (Lipinski definition) is 6. The van der Waals surface area contributed by atoms with E-state index in [1.807, 2.05) is 0 Å². The third-order valence-corrected chi connectivity index (χ3v) is 4.53. The molecule has 136 valence electrons. The number of benzene rings is 1. The number of Topliss-reactive ketones (excluding diaryl/α,β-unsaturated/α-hetero) is 1. The summed E-state index contributed by atoms with van der Waals surface area (Å²) in [6, 6.07) is 5.18. The molecular weight excluding hydrogens is 336 g/mol. The van der Waals surface area contributed by atoms with Crippen molar-refractivity contribution in [3.8, 4) is 0 Å². The van der Waals surface area contributed by atoms with Gasteiger partial charge in [0.1, 0.15) is 11.3 Å². The molecule has 1 aliphatic heterocycles. The molecule has 7 heteroatoms. The van der Waals surface area contributed by atoms with Gasteiger partial charge in [-0.2, -0.15) is 0 Å². The van der Waals surface area contributed by atoms with Crippen molar-refractivity contribution in [1.82, 2.24) is 5.16 Å². The summed E-state index contributed by atoms with van der Waals surface area (Å²) < 4.78 is 10.3. The molecule has 0 saturated carbocycles. The summed E-state index contributed by atoms with van der Waals surface area (Å²) in [5.74, 6) is -0.598. The normalized spacial score (nSPS) is 14.1. The van der Waals surface area contributed by atoms with E-state index in [0.29, 0.717) is 30.0 Å². The van der Waals surface area contributed by atoms with Gasteiger partial charge >= 0.3 is 5.97 Å². The van der Waals surface area contributed by atoms with E-state index in [1.165, 1.54) is 13.8 Å². The van der Waals surface area contributed by atoms with Crippen molar-refractivity contribution >= 4 is 23.3 Å². The molecule has 26 heavy (non-hydrogen) atoms. The molecule has 2 heterocycles. The number of hydrogen-bond donors (Lipinski definition) is 0. The average Bonchev–Trinajstić information content (AvgIpc) is 3.16. The zero-order valence-corrected chi connectivity index (χ0v) is 15.2. The highest BCUT2D eigenvalue weighted by atomic mass is 16.5. The Labute approximate surface area is 150 Å². The van der Waals surface area contributed by atoms with Crippen molar-refractivity contribution < 1.29 is 23.6 Å². The van der Waals surface area contributed by atoms with E-state index in [9.17, 15) is 14.4 Å². The minimum atomic E-state index is -0.945. The molecule has 0 spiro atoms. The average molecular weight is 356 g/mol. The van der Waals surface area contributed by atoms with Crippen molar-refractivity contribution in [3.05, 3.63) is 46.3 Å². The van der Waals surface area contributed by atoms with Crippen molar-refractivity contribution in [2.45, 2.75) is 40.2 Å². The summed E-state index contributed by atoms with van der Waals surface area (Å²) in [5.41, 5.74) is 2.89. The quantitative estimate of drug-likeness (QED) is 0.618. The van der Waals surface area contributed by atoms with Crippen LogP contribution < -0.4 is 4.90 Å². The first-order valence-corrected chi connectivity index (χ1v) is 8.38. The molecule has 1 aliphatic rings. The number of ether oxygens (including phenoxy) is 1. The van der Waals surface area contributed by atoms with Gasteiger partial charge in [0.15, 0.2) is 6.10 Å². The zero-order chi connectivity index (χ0) is 19.0. The lowest BCUT2D eigenvalue weighted by atomic mass is 10.0. The van der Waals surface area contributed by atoms with Crippen LogP contribution in [0.15, 0.2) is 22.7 Å². The highest BCUT2D eigenvalue weighted by Crippen LogP contribution is 2.29. The molecule has 0 N–H and O–H groups in total. The van der Waals surface area contributed by atoms with E-state index in [4.69, 9.17) is 9.26 Å². The van der Waals surface area contributed by atoms with Gasteiger partial charge in [0.25, 0.3) is 0 Å².